The molecule has 0 bridgehead atoms. The predicted octanol–water partition coefficient (Wildman–Crippen LogP) is 1.19. The number of aromatic nitrogens is 2. The molecule has 0 saturated heterocycles. The fourth-order valence-corrected chi connectivity index (χ4v) is 1.40. The second-order valence-electron chi connectivity index (χ2n) is 3.43. The Balaban J connectivity index is 2.49. The topological polar surface area (TPSA) is 76.1 Å². The Morgan fingerprint density at radius 1 is 1.41 bits per heavy atom. The molecule has 1 aromatic rings. The van der Waals surface area contributed by atoms with E-state index in [1.165, 1.54) is 6.33 Å². The van der Waals surface area contributed by atoms with Crippen LogP contribution in [0.2, 0.25) is 0 Å². The summed E-state index contributed by atoms with van der Waals surface area (Å²) < 4.78 is 4.83. The highest BCUT2D eigenvalue weighted by molar-refractivity contribution is 5.70. The number of ether oxygens (including phenoxy) is 1. The number of rotatable bonds is 6. The Morgan fingerprint density at radius 2 is 2.12 bits per heavy atom. The van der Waals surface area contributed by atoms with Crippen LogP contribution in [0.4, 0.5) is 11.6 Å². The smallest absolute Gasteiger partial charge is 0.307 e. The molecule has 17 heavy (non-hydrogen) atoms. The number of hydrogen-bond acceptors (Lipinski definition) is 6. The van der Waals surface area contributed by atoms with Crippen molar-refractivity contribution in [3.05, 3.63) is 11.9 Å². The molecule has 6 nitrogen and oxygen atoms in total. The lowest BCUT2D eigenvalue weighted by atomic mass is 10.3. The van der Waals surface area contributed by atoms with Gasteiger partial charge in [0.05, 0.1) is 13.0 Å². The molecule has 0 radical (unpaired) electrons. The van der Waals surface area contributed by atoms with Crippen LogP contribution >= 0.6 is 0 Å². The first kappa shape index (κ1) is 13.2. The number of nitrogens with one attached hydrogen (secondary N) is 2. The van der Waals surface area contributed by atoms with Gasteiger partial charge in [-0.05, 0) is 13.8 Å². The van der Waals surface area contributed by atoms with Crippen LogP contribution in [-0.2, 0) is 9.53 Å². The van der Waals surface area contributed by atoms with Crippen molar-refractivity contribution in [3.63, 3.8) is 0 Å². The molecular weight excluding hydrogens is 220 g/mol. The van der Waals surface area contributed by atoms with Gasteiger partial charge in [-0.15, -0.1) is 0 Å². The van der Waals surface area contributed by atoms with Crippen LogP contribution in [0.15, 0.2) is 6.33 Å². The molecule has 94 valence electrons. The van der Waals surface area contributed by atoms with Gasteiger partial charge in [0.25, 0.3) is 0 Å². The molecule has 0 aliphatic rings. The van der Waals surface area contributed by atoms with Gasteiger partial charge in [-0.1, -0.05) is 0 Å². The zero-order valence-corrected chi connectivity index (χ0v) is 10.4. The van der Waals surface area contributed by atoms with Crippen LogP contribution in [0.5, 0.6) is 0 Å². The Bertz CT molecular complexity index is 382. The number of hydrogen-bond donors (Lipinski definition) is 2. The van der Waals surface area contributed by atoms with Crippen molar-refractivity contribution in [2.75, 3.05) is 30.8 Å². The first-order valence-electron chi connectivity index (χ1n) is 5.57. The van der Waals surface area contributed by atoms with Gasteiger partial charge in [-0.25, -0.2) is 9.97 Å². The van der Waals surface area contributed by atoms with Gasteiger partial charge >= 0.3 is 5.97 Å². The monoisotopic (exact) mass is 238 g/mol. The van der Waals surface area contributed by atoms with Gasteiger partial charge in [0.1, 0.15) is 18.0 Å². The van der Waals surface area contributed by atoms with E-state index in [1.54, 1.807) is 14.0 Å². The molecule has 0 spiro atoms. The van der Waals surface area contributed by atoms with Crippen molar-refractivity contribution in [2.24, 2.45) is 0 Å². The Kier molecular flexibility index (Phi) is 5.19. The second kappa shape index (κ2) is 6.67. The molecule has 0 fully saturated rings. The van der Waals surface area contributed by atoms with Gasteiger partial charge in [0.2, 0.25) is 0 Å². The molecule has 1 aromatic heterocycles. The van der Waals surface area contributed by atoms with Crippen LogP contribution in [0.1, 0.15) is 18.9 Å². The van der Waals surface area contributed by atoms with Gasteiger partial charge in [0.15, 0.2) is 0 Å². The summed E-state index contributed by atoms with van der Waals surface area (Å²) in [6, 6.07) is 0. The van der Waals surface area contributed by atoms with Gasteiger partial charge < -0.3 is 15.4 Å². The normalized spacial score (nSPS) is 9.82. The highest BCUT2D eigenvalue weighted by Crippen LogP contribution is 2.17. The maximum atomic E-state index is 11.1. The van der Waals surface area contributed by atoms with E-state index in [9.17, 15) is 4.79 Å². The number of carbonyl (C=O) groups excluding carboxylic acids is 1. The van der Waals surface area contributed by atoms with Crippen LogP contribution < -0.4 is 10.6 Å². The van der Waals surface area contributed by atoms with Crippen molar-refractivity contribution < 1.29 is 9.53 Å². The van der Waals surface area contributed by atoms with Crippen LogP contribution in [0, 0.1) is 6.92 Å². The highest BCUT2D eigenvalue weighted by Gasteiger charge is 2.06. The Morgan fingerprint density at radius 3 is 2.76 bits per heavy atom. The summed E-state index contributed by atoms with van der Waals surface area (Å²) in [5, 5.41) is 6.06. The molecule has 0 aromatic carbocycles. The van der Waals surface area contributed by atoms with E-state index in [0.717, 1.165) is 17.2 Å². The lowest BCUT2D eigenvalue weighted by molar-refractivity contribution is -0.142. The molecule has 6 heteroatoms. The number of nitrogens with zero attached hydrogens (tertiary/aromatic N) is 2. The first-order chi connectivity index (χ1) is 8.19. The minimum atomic E-state index is -0.208. The summed E-state index contributed by atoms with van der Waals surface area (Å²) in [6.07, 6.45) is 1.80. The Labute approximate surface area is 101 Å². The predicted molar refractivity (Wildman–Crippen MR) is 66.1 cm³/mol. The van der Waals surface area contributed by atoms with Crippen LogP contribution in [-0.4, -0.2) is 36.1 Å². The quantitative estimate of drug-likeness (QED) is 0.725. The zero-order chi connectivity index (χ0) is 12.7. The lowest BCUT2D eigenvalue weighted by Crippen LogP contribution is -2.13. The van der Waals surface area contributed by atoms with E-state index in [1.807, 2.05) is 6.92 Å². The van der Waals surface area contributed by atoms with E-state index in [2.05, 4.69) is 20.6 Å². The third-order valence-electron chi connectivity index (χ3n) is 2.25. The van der Waals surface area contributed by atoms with E-state index in [4.69, 9.17) is 4.74 Å². The molecule has 0 unspecified atom stereocenters. The van der Waals surface area contributed by atoms with Gasteiger partial charge in [-0.2, -0.15) is 0 Å². The lowest BCUT2D eigenvalue weighted by Gasteiger charge is -2.10. The van der Waals surface area contributed by atoms with E-state index in [-0.39, 0.29) is 5.97 Å². The second-order valence-corrected chi connectivity index (χ2v) is 3.43. The average Bonchev–Trinajstić information content (AvgIpc) is 2.32. The molecule has 0 amide bonds. The van der Waals surface area contributed by atoms with E-state index in [0.29, 0.717) is 19.6 Å². The molecule has 0 saturated carbocycles. The van der Waals surface area contributed by atoms with Gasteiger partial charge in [-0.3, -0.25) is 4.79 Å². The van der Waals surface area contributed by atoms with Crippen molar-refractivity contribution in [1.82, 2.24) is 9.97 Å². The van der Waals surface area contributed by atoms with Crippen LogP contribution in [0.3, 0.4) is 0 Å². The molecule has 0 aliphatic heterocycles. The number of carbonyl (C=O) groups is 1. The van der Waals surface area contributed by atoms with Crippen molar-refractivity contribution in [2.45, 2.75) is 20.3 Å². The third-order valence-corrected chi connectivity index (χ3v) is 2.25. The summed E-state index contributed by atoms with van der Waals surface area (Å²) in [7, 11) is 1.80. The summed E-state index contributed by atoms with van der Waals surface area (Å²) >= 11 is 0. The first-order valence-corrected chi connectivity index (χ1v) is 5.57. The molecule has 0 atom stereocenters. The summed E-state index contributed by atoms with van der Waals surface area (Å²) in [5.74, 6) is 1.30. The Hall–Kier alpha value is -1.85. The summed E-state index contributed by atoms with van der Waals surface area (Å²) in [4.78, 5) is 19.3. The fraction of sp³-hybridized carbons (Fsp3) is 0.545. The summed E-state index contributed by atoms with van der Waals surface area (Å²) in [6.45, 7) is 4.62. The molecule has 2 N–H and O–H groups in total. The molecule has 1 heterocycles. The van der Waals surface area contributed by atoms with Crippen LogP contribution in [0.25, 0.3) is 0 Å². The zero-order valence-electron chi connectivity index (χ0n) is 10.4. The maximum Gasteiger partial charge on any atom is 0.307 e. The van der Waals surface area contributed by atoms with Crippen molar-refractivity contribution >= 4 is 17.6 Å². The van der Waals surface area contributed by atoms with Crippen molar-refractivity contribution in [1.29, 1.82) is 0 Å². The van der Waals surface area contributed by atoms with Gasteiger partial charge in [0, 0.05) is 19.2 Å². The summed E-state index contributed by atoms with van der Waals surface area (Å²) in [5.41, 5.74) is 0.929. The molecular formula is C11H18N4O2. The third kappa shape index (κ3) is 3.90. The highest BCUT2D eigenvalue weighted by atomic mass is 16.5. The maximum absolute atomic E-state index is 11.1. The minimum absolute atomic E-state index is 0.208. The SMILES string of the molecule is CCOC(=O)CCNc1ncnc(NC)c1C. The average molecular weight is 238 g/mol. The largest absolute Gasteiger partial charge is 0.466 e. The number of esters is 1. The van der Waals surface area contributed by atoms with Crippen molar-refractivity contribution in [3.8, 4) is 0 Å². The molecule has 1 rings (SSSR count). The molecule has 0 aliphatic carbocycles. The fourth-order valence-electron chi connectivity index (χ4n) is 1.40. The minimum Gasteiger partial charge on any atom is -0.466 e. The van der Waals surface area contributed by atoms with E-state index >= 15 is 0 Å². The van der Waals surface area contributed by atoms with E-state index < -0.39 is 0 Å². The number of anilines is 2. The standard InChI is InChI=1S/C11H18N4O2/c1-4-17-9(16)5-6-13-11-8(2)10(12-3)14-7-15-11/h7H,4-6H2,1-3H3,(H2,12,13,14,15).